The van der Waals surface area contributed by atoms with E-state index in [0.717, 1.165) is 28.3 Å². The average Bonchev–Trinajstić information content (AvgIpc) is 3.51. The molecule has 0 N–H and O–H groups in total. The molecule has 2 heterocycles. The second kappa shape index (κ2) is 10.7. The van der Waals surface area contributed by atoms with Gasteiger partial charge in [0.2, 0.25) is 0 Å². The molecular weight excluding hydrogens is 722 g/mol. The van der Waals surface area contributed by atoms with Crippen LogP contribution in [-0.4, -0.2) is 30.3 Å². The van der Waals surface area contributed by atoms with Crippen molar-refractivity contribution in [3.8, 4) is 5.69 Å². The first-order valence-electron chi connectivity index (χ1n) is 14.5. The molecule has 0 fully saturated rings. The summed E-state index contributed by atoms with van der Waals surface area (Å²) in [7, 11) is -0.172. The molecule has 0 aliphatic carbocycles. The Bertz CT molecular complexity index is 2090. The summed E-state index contributed by atoms with van der Waals surface area (Å²) in [4.78, 5) is 0. The second-order valence-corrected chi connectivity index (χ2v) is 17.1. The van der Waals surface area contributed by atoms with Gasteiger partial charge in [-0.05, 0) is 16.9 Å². The van der Waals surface area contributed by atoms with Crippen molar-refractivity contribution in [3.05, 3.63) is 121 Å². The van der Waals surface area contributed by atoms with Gasteiger partial charge in [0, 0.05) is 38.7 Å². The van der Waals surface area contributed by atoms with Crippen LogP contribution >= 0.6 is 0 Å². The van der Waals surface area contributed by atoms with Crippen LogP contribution in [0.1, 0.15) is 26.3 Å². The van der Waals surface area contributed by atoms with Crippen LogP contribution in [0.3, 0.4) is 0 Å². The summed E-state index contributed by atoms with van der Waals surface area (Å²) in [6.45, 7) is 11.7. The van der Waals surface area contributed by atoms with Gasteiger partial charge in [-0.25, -0.2) is 0 Å². The number of rotatable bonds is 4. The van der Waals surface area contributed by atoms with Gasteiger partial charge >= 0.3 is 6.01 Å². The molecule has 7 rings (SSSR count). The normalized spacial score (nSPS) is 13.1. The van der Waals surface area contributed by atoms with Gasteiger partial charge in [-0.15, -0.1) is 23.1 Å². The Labute approximate surface area is 269 Å². The van der Waals surface area contributed by atoms with Crippen molar-refractivity contribution >= 4 is 63.3 Å². The van der Waals surface area contributed by atoms with E-state index >= 15 is 0 Å². The van der Waals surface area contributed by atoms with E-state index < -0.39 is 8.07 Å². The monoisotopic (exact) mass is 755 g/mol. The summed E-state index contributed by atoms with van der Waals surface area (Å²) in [6, 6.07) is 49.2. The van der Waals surface area contributed by atoms with Gasteiger partial charge in [0.25, 0.3) is 11.4 Å². The molecule has 5 aromatic carbocycles. The molecule has 1 aliphatic heterocycles. The van der Waals surface area contributed by atoms with Gasteiger partial charge in [-0.3, -0.25) is 0 Å². The smallest absolute Gasteiger partial charge is 0.387 e. The summed E-state index contributed by atoms with van der Waals surface area (Å²) in [5.74, 6) is 0. The largest absolute Gasteiger partial charge is 0.494 e. The third-order valence-electron chi connectivity index (χ3n) is 8.58. The van der Waals surface area contributed by atoms with E-state index in [1.807, 2.05) is 12.1 Å². The predicted octanol–water partition coefficient (Wildman–Crippen LogP) is 7.60. The molecule has 0 unspecified atom stereocenters. The van der Waals surface area contributed by atoms with Crippen LogP contribution in [0.2, 0.25) is 13.1 Å². The molecule has 0 spiro atoms. The van der Waals surface area contributed by atoms with E-state index in [0.29, 0.717) is 0 Å². The topological polar surface area (TPSA) is 10.9 Å². The van der Waals surface area contributed by atoms with Gasteiger partial charge in [-0.2, -0.15) is 58.9 Å². The first-order valence-corrected chi connectivity index (χ1v) is 17.5. The Morgan fingerprint density at radius 2 is 1.49 bits per heavy atom. The minimum Gasteiger partial charge on any atom is -0.387 e. The molecule has 43 heavy (non-hydrogen) atoms. The molecule has 1 aliphatic rings. The third kappa shape index (κ3) is 4.88. The maximum atomic E-state index is 3.88. The van der Waals surface area contributed by atoms with Crippen LogP contribution in [0, 0.1) is 18.2 Å². The molecule has 0 saturated carbocycles. The molecule has 0 radical (unpaired) electrons. The molecule has 0 amide bonds. The van der Waals surface area contributed by atoms with Crippen molar-refractivity contribution in [2.45, 2.75) is 39.3 Å². The molecule has 0 bridgehead atoms. The fourth-order valence-electron chi connectivity index (χ4n) is 6.02. The van der Waals surface area contributed by atoms with Crippen molar-refractivity contribution in [2.24, 2.45) is 0 Å². The summed E-state index contributed by atoms with van der Waals surface area (Å²) < 4.78 is 6.53. The third-order valence-corrected chi connectivity index (χ3v) is 11.8. The van der Waals surface area contributed by atoms with Crippen molar-refractivity contribution < 1.29 is 25.6 Å². The fourth-order valence-corrected chi connectivity index (χ4v) is 8.21. The Morgan fingerprint density at radius 1 is 0.767 bits per heavy atom. The number of hydrogen-bond acceptors (Lipinski definition) is 0. The first-order chi connectivity index (χ1) is 20.1. The zero-order valence-corrected chi connectivity index (χ0v) is 28.7. The Hall–Kier alpha value is -3.81. The summed E-state index contributed by atoms with van der Waals surface area (Å²) in [5.41, 5.74) is 7.99. The molecule has 5 heteroatoms. The number of benzene rings is 5. The molecule has 1 aromatic heterocycles. The van der Waals surface area contributed by atoms with Crippen LogP contribution in [0.25, 0.3) is 27.5 Å². The van der Waals surface area contributed by atoms with E-state index in [4.69, 9.17) is 0 Å². The van der Waals surface area contributed by atoms with Crippen LogP contribution in [0.15, 0.2) is 97.1 Å². The Morgan fingerprint density at radius 3 is 2.23 bits per heavy atom. The summed E-state index contributed by atoms with van der Waals surface area (Å²) in [5, 5.41) is 5.05. The molecule has 3 nitrogen and oxygen atoms in total. The maximum absolute atomic E-state index is 3.88. The molecule has 0 saturated heterocycles. The van der Waals surface area contributed by atoms with Crippen molar-refractivity contribution in [1.29, 1.82) is 0 Å². The molecule has 0 atom stereocenters. The Balaban J connectivity index is 0.00000329. The maximum Gasteiger partial charge on any atom is 0.494 e. The minimum absolute atomic E-state index is 0. The van der Waals surface area contributed by atoms with Gasteiger partial charge < -0.3 is 4.57 Å². The van der Waals surface area contributed by atoms with Gasteiger partial charge in [0.05, 0.1) is 8.07 Å². The van der Waals surface area contributed by atoms with E-state index in [1.54, 1.807) is 0 Å². The summed E-state index contributed by atoms with van der Waals surface area (Å²) >= 11 is 0. The summed E-state index contributed by atoms with van der Waals surface area (Å²) in [6.07, 6.45) is 0. The van der Waals surface area contributed by atoms with Crippen LogP contribution in [-0.2, 0) is 26.5 Å². The minimum atomic E-state index is -2.23. The number of nitrogens with zero attached hydrogens (tertiary/aromatic N) is 3. The van der Waals surface area contributed by atoms with E-state index in [2.05, 4.69) is 164 Å². The SMILES string of the molecule is C[N+]1=C=[N+](c2[c-]c([Si](C)(C)c3[c-]cc4c(c3)c3ccccc3n4-c3[c-]cccc3)cc(C(C)(C)C)c2)c2ccccc21.[Pt]. The molecular formula is C38H34N3PtSi-. The van der Waals surface area contributed by atoms with Crippen molar-refractivity contribution in [1.82, 2.24) is 9.14 Å². The van der Waals surface area contributed by atoms with Crippen LogP contribution in [0.5, 0.6) is 0 Å². The zero-order valence-electron chi connectivity index (χ0n) is 25.4. The number of hydrogen-bond donors (Lipinski definition) is 0. The first kappa shape index (κ1) is 29.3. The second-order valence-electron chi connectivity index (χ2n) is 12.8. The van der Waals surface area contributed by atoms with E-state index in [1.165, 1.54) is 32.2 Å². The van der Waals surface area contributed by atoms with E-state index in [9.17, 15) is 0 Å². The van der Waals surface area contributed by atoms with Crippen molar-refractivity contribution in [3.63, 3.8) is 0 Å². The number of para-hydroxylation sites is 4. The van der Waals surface area contributed by atoms with Crippen LogP contribution in [0.4, 0.5) is 17.1 Å². The molecule has 6 aromatic rings. The van der Waals surface area contributed by atoms with Gasteiger partial charge in [-0.1, -0.05) is 90.6 Å². The number of aromatic nitrogens is 1. The Kier molecular flexibility index (Phi) is 7.30. The standard InChI is InChI=1S/C38H34N3Si.Pt/c1-38(2,3)27-22-29(40-26-39(4)36-18-12-13-19-37(36)40)24-31(23-27)42(5,6)30-20-21-35-33(25-30)32-16-10-11-17-34(32)41(35)28-14-8-7-9-15-28;/h7-14,16-19,21-23,25H,1-6H3;/q-1;. The average molecular weight is 756 g/mol. The van der Waals surface area contributed by atoms with Gasteiger partial charge in [0.1, 0.15) is 5.69 Å². The number of fused-ring (bicyclic) bond motifs is 4. The quantitative estimate of drug-likeness (QED) is 0.0999. The van der Waals surface area contributed by atoms with Crippen LogP contribution < -0.4 is 14.9 Å². The van der Waals surface area contributed by atoms with Gasteiger partial charge in [0.15, 0.2) is 7.05 Å². The predicted molar refractivity (Wildman–Crippen MR) is 178 cm³/mol. The fraction of sp³-hybridized carbons (Fsp3) is 0.184. The van der Waals surface area contributed by atoms with Crippen molar-refractivity contribution in [2.75, 3.05) is 7.05 Å². The zero-order chi connectivity index (χ0) is 29.2. The molecule has 216 valence electrons. The van der Waals surface area contributed by atoms with E-state index in [-0.39, 0.29) is 26.5 Å².